The second kappa shape index (κ2) is 5.31. The molecule has 0 aromatic carbocycles. The molecular formula is C7H12BrCl. The van der Waals surface area contributed by atoms with Crippen molar-refractivity contribution < 1.29 is 0 Å². The number of rotatable bonds is 3. The average molecular weight is 212 g/mol. The summed E-state index contributed by atoms with van der Waals surface area (Å²) in [5.41, 5.74) is 0. The van der Waals surface area contributed by atoms with Gasteiger partial charge >= 0.3 is 0 Å². The van der Waals surface area contributed by atoms with Crippen molar-refractivity contribution in [2.75, 3.05) is 0 Å². The summed E-state index contributed by atoms with van der Waals surface area (Å²) in [6.07, 6.45) is 4.41. The fraction of sp³-hybridized carbons (Fsp3) is 0.714. The number of allylic oxidation sites excluding steroid dienone is 2. The van der Waals surface area contributed by atoms with E-state index in [2.05, 4.69) is 28.9 Å². The predicted molar refractivity (Wildman–Crippen MR) is 47.2 cm³/mol. The van der Waals surface area contributed by atoms with Gasteiger partial charge in [-0.3, -0.25) is 0 Å². The van der Waals surface area contributed by atoms with Crippen molar-refractivity contribution in [3.8, 4) is 0 Å². The molecule has 0 saturated carbocycles. The SMILES string of the molecule is CCCC=C(Br)C(C)Cl. The van der Waals surface area contributed by atoms with Crippen LogP contribution < -0.4 is 0 Å². The summed E-state index contributed by atoms with van der Waals surface area (Å²) in [6, 6.07) is 0. The molecule has 0 amide bonds. The Morgan fingerprint density at radius 3 is 2.67 bits per heavy atom. The minimum atomic E-state index is 0.122. The molecular weight excluding hydrogens is 199 g/mol. The Hall–Kier alpha value is 0.510. The number of alkyl halides is 1. The van der Waals surface area contributed by atoms with Gasteiger partial charge in [-0.15, -0.1) is 11.6 Å². The lowest BCUT2D eigenvalue weighted by Crippen LogP contribution is -1.87. The molecule has 0 saturated heterocycles. The Morgan fingerprint density at radius 1 is 1.78 bits per heavy atom. The zero-order valence-electron chi connectivity index (χ0n) is 5.82. The lowest BCUT2D eigenvalue weighted by molar-refractivity contribution is 0.950. The smallest absolute Gasteiger partial charge is 0.0619 e. The minimum absolute atomic E-state index is 0.122. The zero-order chi connectivity index (χ0) is 7.28. The van der Waals surface area contributed by atoms with E-state index in [9.17, 15) is 0 Å². The molecule has 54 valence electrons. The predicted octanol–water partition coefficient (Wildman–Crippen LogP) is 3.69. The van der Waals surface area contributed by atoms with Crippen LogP contribution in [0.15, 0.2) is 10.6 Å². The van der Waals surface area contributed by atoms with Crippen molar-refractivity contribution in [1.29, 1.82) is 0 Å². The fourth-order valence-corrected chi connectivity index (χ4v) is 0.763. The van der Waals surface area contributed by atoms with Crippen LogP contribution in [0.3, 0.4) is 0 Å². The summed E-state index contributed by atoms with van der Waals surface area (Å²) in [5, 5.41) is 0.122. The molecule has 2 heteroatoms. The second-order valence-electron chi connectivity index (χ2n) is 1.99. The average Bonchev–Trinajstić information content (AvgIpc) is 1.82. The molecule has 0 rings (SSSR count). The highest BCUT2D eigenvalue weighted by atomic mass is 79.9. The van der Waals surface area contributed by atoms with Crippen molar-refractivity contribution in [3.05, 3.63) is 10.6 Å². The molecule has 0 aliphatic carbocycles. The van der Waals surface area contributed by atoms with Crippen LogP contribution in [-0.2, 0) is 0 Å². The van der Waals surface area contributed by atoms with Crippen LogP contribution >= 0.6 is 27.5 Å². The van der Waals surface area contributed by atoms with Gasteiger partial charge in [0.15, 0.2) is 0 Å². The highest BCUT2D eigenvalue weighted by molar-refractivity contribution is 9.11. The van der Waals surface area contributed by atoms with Gasteiger partial charge in [0.05, 0.1) is 5.38 Å². The van der Waals surface area contributed by atoms with Crippen molar-refractivity contribution in [1.82, 2.24) is 0 Å². The van der Waals surface area contributed by atoms with Gasteiger partial charge in [0.25, 0.3) is 0 Å². The first kappa shape index (κ1) is 9.51. The van der Waals surface area contributed by atoms with Crippen LogP contribution in [0.5, 0.6) is 0 Å². The molecule has 0 radical (unpaired) electrons. The lowest BCUT2D eigenvalue weighted by Gasteiger charge is -1.98. The van der Waals surface area contributed by atoms with Gasteiger partial charge in [-0.1, -0.05) is 35.4 Å². The molecule has 1 atom stereocenters. The Labute approximate surface area is 70.4 Å². The summed E-state index contributed by atoms with van der Waals surface area (Å²) >= 11 is 9.12. The quantitative estimate of drug-likeness (QED) is 0.625. The number of unbranched alkanes of at least 4 members (excludes halogenated alkanes) is 1. The molecule has 0 spiro atoms. The second-order valence-corrected chi connectivity index (χ2v) is 3.56. The molecule has 0 N–H and O–H groups in total. The number of hydrogen-bond acceptors (Lipinski definition) is 0. The van der Waals surface area contributed by atoms with Gasteiger partial charge in [-0.05, 0) is 13.3 Å². The molecule has 0 aliphatic heterocycles. The Bertz CT molecular complexity index is 97.1. The van der Waals surface area contributed by atoms with Crippen LogP contribution in [0.1, 0.15) is 26.7 Å². The molecule has 0 nitrogen and oxygen atoms in total. The fourth-order valence-electron chi connectivity index (χ4n) is 0.445. The summed E-state index contributed by atoms with van der Waals surface area (Å²) in [5.74, 6) is 0. The normalized spacial score (nSPS) is 15.8. The summed E-state index contributed by atoms with van der Waals surface area (Å²) < 4.78 is 1.10. The highest BCUT2D eigenvalue weighted by Crippen LogP contribution is 2.16. The van der Waals surface area contributed by atoms with Gasteiger partial charge in [-0.25, -0.2) is 0 Å². The lowest BCUT2D eigenvalue weighted by atomic mass is 10.3. The Balaban J connectivity index is 3.55. The van der Waals surface area contributed by atoms with Crippen LogP contribution in [-0.4, -0.2) is 5.38 Å². The van der Waals surface area contributed by atoms with Gasteiger partial charge in [-0.2, -0.15) is 0 Å². The highest BCUT2D eigenvalue weighted by Gasteiger charge is 1.97. The summed E-state index contributed by atoms with van der Waals surface area (Å²) in [4.78, 5) is 0. The van der Waals surface area contributed by atoms with E-state index in [4.69, 9.17) is 11.6 Å². The third kappa shape index (κ3) is 4.98. The number of hydrogen-bond donors (Lipinski definition) is 0. The molecule has 0 bridgehead atoms. The summed E-state index contributed by atoms with van der Waals surface area (Å²) in [7, 11) is 0. The zero-order valence-corrected chi connectivity index (χ0v) is 8.17. The van der Waals surface area contributed by atoms with Crippen LogP contribution in [0, 0.1) is 0 Å². The van der Waals surface area contributed by atoms with E-state index in [0.29, 0.717) is 0 Å². The van der Waals surface area contributed by atoms with Crippen LogP contribution in [0.2, 0.25) is 0 Å². The first-order valence-corrected chi connectivity index (χ1v) is 4.41. The maximum Gasteiger partial charge on any atom is 0.0619 e. The largest absolute Gasteiger partial charge is 0.118 e. The maximum absolute atomic E-state index is 5.75. The molecule has 9 heavy (non-hydrogen) atoms. The molecule has 0 aliphatic rings. The van der Waals surface area contributed by atoms with E-state index in [1.54, 1.807) is 0 Å². The topological polar surface area (TPSA) is 0 Å². The molecule has 1 unspecified atom stereocenters. The van der Waals surface area contributed by atoms with Crippen molar-refractivity contribution >= 4 is 27.5 Å². The molecule has 0 heterocycles. The minimum Gasteiger partial charge on any atom is -0.118 e. The first-order chi connectivity index (χ1) is 4.18. The van der Waals surface area contributed by atoms with Gasteiger partial charge in [0.1, 0.15) is 0 Å². The van der Waals surface area contributed by atoms with Crippen LogP contribution in [0.4, 0.5) is 0 Å². The third-order valence-corrected chi connectivity index (χ3v) is 2.52. The van der Waals surface area contributed by atoms with E-state index in [1.165, 1.54) is 6.42 Å². The molecule has 0 aromatic heterocycles. The standard InChI is InChI=1S/C7H12BrCl/c1-3-4-5-7(8)6(2)9/h5-6H,3-4H2,1-2H3. The van der Waals surface area contributed by atoms with Crippen molar-refractivity contribution in [2.24, 2.45) is 0 Å². The van der Waals surface area contributed by atoms with E-state index < -0.39 is 0 Å². The number of halogens is 2. The Kier molecular flexibility index (Phi) is 5.61. The third-order valence-electron chi connectivity index (χ3n) is 1.01. The van der Waals surface area contributed by atoms with Crippen molar-refractivity contribution in [2.45, 2.75) is 32.1 Å². The van der Waals surface area contributed by atoms with Crippen molar-refractivity contribution in [3.63, 3.8) is 0 Å². The first-order valence-electron chi connectivity index (χ1n) is 3.18. The van der Waals surface area contributed by atoms with Gasteiger partial charge in [0.2, 0.25) is 0 Å². The van der Waals surface area contributed by atoms with E-state index in [1.807, 2.05) is 6.92 Å². The van der Waals surface area contributed by atoms with Gasteiger partial charge in [0, 0.05) is 4.48 Å². The monoisotopic (exact) mass is 210 g/mol. The maximum atomic E-state index is 5.75. The van der Waals surface area contributed by atoms with E-state index in [0.717, 1.165) is 10.9 Å². The Morgan fingerprint density at radius 2 is 2.33 bits per heavy atom. The van der Waals surface area contributed by atoms with E-state index >= 15 is 0 Å². The van der Waals surface area contributed by atoms with E-state index in [-0.39, 0.29) is 5.38 Å². The molecule has 0 aromatic rings. The summed E-state index contributed by atoms with van der Waals surface area (Å²) in [6.45, 7) is 4.10. The molecule has 0 fully saturated rings. The van der Waals surface area contributed by atoms with Gasteiger partial charge < -0.3 is 0 Å². The van der Waals surface area contributed by atoms with Crippen LogP contribution in [0.25, 0.3) is 0 Å².